The number of carboxylic acid groups (broad SMARTS) is 1. The quantitative estimate of drug-likeness (QED) is 0.446. The van der Waals surface area contributed by atoms with Crippen molar-refractivity contribution in [3.63, 3.8) is 0 Å². The Morgan fingerprint density at radius 1 is 1.30 bits per heavy atom. The second-order valence-corrected chi connectivity index (χ2v) is 0.785. The molecule has 10 heavy (non-hydrogen) atoms. The van der Waals surface area contributed by atoms with Crippen LogP contribution in [0.3, 0.4) is 0 Å². The first kappa shape index (κ1) is 17.0. The molecule has 0 amide bonds. The van der Waals surface area contributed by atoms with Crippen LogP contribution in [0, 0.1) is 0 Å². The van der Waals surface area contributed by atoms with E-state index in [-0.39, 0.29) is 22.4 Å². The number of hydrogen-bond acceptors (Lipinski definition) is 2. The molecule has 0 atom stereocenters. The van der Waals surface area contributed by atoms with Crippen LogP contribution in [0.25, 0.3) is 0 Å². The zero-order valence-electron chi connectivity index (χ0n) is 3.93. The van der Waals surface area contributed by atoms with Crippen LogP contribution in [0.15, 0.2) is 0 Å². The van der Waals surface area contributed by atoms with Gasteiger partial charge in [0.25, 0.3) is 0 Å². The summed E-state index contributed by atoms with van der Waals surface area (Å²) in [5, 5.41) is 8.78. The Hall–Kier alpha value is 0.671. The van der Waals surface area contributed by atoms with Gasteiger partial charge in [-0.3, -0.25) is 0 Å². The van der Waals surface area contributed by atoms with Crippen LogP contribution in [-0.4, -0.2) is 12.1 Å². The van der Waals surface area contributed by atoms with Gasteiger partial charge in [0.1, 0.15) is 5.97 Å². The van der Waals surface area contributed by atoms with Crippen molar-refractivity contribution < 1.29 is 70.1 Å². The average molecular weight is 348 g/mol. The summed E-state index contributed by atoms with van der Waals surface area (Å²) in [6.07, 6.45) is -5.19. The van der Waals surface area contributed by atoms with Gasteiger partial charge in [-0.25, -0.2) is 0 Å². The van der Waals surface area contributed by atoms with Gasteiger partial charge in [0.15, 0.2) is 0 Å². The van der Waals surface area contributed by atoms with E-state index in [2.05, 4.69) is 0 Å². The van der Waals surface area contributed by atoms with Crippen molar-refractivity contribution in [2.75, 3.05) is 0 Å². The van der Waals surface area contributed by atoms with Crippen LogP contribution >= 0.6 is 0 Å². The fraction of sp³-hybridized carbons (Fsp3) is 0.500. The number of carbonyl (C=O) groups is 1. The summed E-state index contributed by atoms with van der Waals surface area (Å²) >= 11 is 1.45. The van der Waals surface area contributed by atoms with E-state index in [1.807, 2.05) is 0 Å². The van der Waals surface area contributed by atoms with Crippen molar-refractivity contribution in [2.45, 2.75) is 6.18 Å². The second kappa shape index (κ2) is 7.77. The normalized spacial score (nSPS) is 8.60. The summed E-state index contributed by atoms with van der Waals surface area (Å²) in [7, 11) is 0. The molecule has 0 aromatic heterocycles. The fourth-order valence-electron chi connectivity index (χ4n) is 0. The Balaban J connectivity index is -0.000000149. The first-order valence-electron chi connectivity index (χ1n) is 1.34. The molecule has 0 aliphatic carbocycles. The molecule has 0 aliphatic heterocycles. The van der Waals surface area contributed by atoms with Crippen LogP contribution in [0.1, 0.15) is 0 Å². The van der Waals surface area contributed by atoms with Crippen molar-refractivity contribution in [2.24, 2.45) is 0 Å². The topological polar surface area (TPSA) is 40.1 Å². The first-order valence-corrected chi connectivity index (χ1v) is 1.90. The van der Waals surface area contributed by atoms with Crippen molar-refractivity contribution >= 4 is 5.97 Å². The predicted molar refractivity (Wildman–Crippen MR) is 12.2 cm³/mol. The molecule has 70 valence electrons. The summed E-state index contributed by atoms with van der Waals surface area (Å²) in [4.78, 5) is 8.78. The Morgan fingerprint density at radius 2 is 1.40 bits per heavy atom. The van der Waals surface area contributed by atoms with Gasteiger partial charge in [-0.05, 0) is 0 Å². The summed E-state index contributed by atoms with van der Waals surface area (Å²) in [6, 6.07) is 0. The number of hydrogen-bond donors (Lipinski definition) is 0. The monoisotopic (exact) mass is 346 g/mol. The van der Waals surface area contributed by atoms with E-state index in [0.717, 1.165) is 0 Å². The summed E-state index contributed by atoms with van der Waals surface area (Å²) in [5.41, 5.74) is 0. The number of aliphatic carboxylic acids is 1. The summed E-state index contributed by atoms with van der Waals surface area (Å²) in [5.74, 6) is -3.01. The molecule has 0 aromatic carbocycles. The van der Waals surface area contributed by atoms with Crippen LogP contribution < -0.4 is 5.11 Å². The van der Waals surface area contributed by atoms with Crippen LogP contribution in [0.4, 0.5) is 16.2 Å². The first-order chi connectivity index (χ1) is 3.94. The number of carbonyl (C=O) groups excluding carboxylic acids is 1. The summed E-state index contributed by atoms with van der Waals surface area (Å²) in [6.45, 7) is 0. The van der Waals surface area contributed by atoms with E-state index in [4.69, 9.17) is 9.90 Å². The Labute approximate surface area is 82.1 Å². The third kappa shape index (κ3) is 11.5. The molecular weight excluding hydrogens is 348 g/mol. The summed E-state index contributed by atoms with van der Waals surface area (Å²) < 4.78 is 40.9. The Bertz CT molecular complexity index is 91.7. The van der Waals surface area contributed by atoms with Gasteiger partial charge in [0, 0.05) is 0 Å². The van der Waals surface area contributed by atoms with Crippen LogP contribution in [0.2, 0.25) is 0 Å². The molecule has 0 heterocycles. The standard InChI is InChI=1S/C2HF3O2.2Ag.FH/c3-2(4,5)1(6)7;;;/h(H,6,7);;;1H/q;2*+1;/p-2. The van der Waals surface area contributed by atoms with Crippen molar-refractivity contribution in [3.8, 4) is 0 Å². The fourth-order valence-corrected chi connectivity index (χ4v) is 0. The van der Waals surface area contributed by atoms with E-state index in [1.165, 1.54) is 21.6 Å². The minimum absolute atomic E-state index is 0. The van der Waals surface area contributed by atoms with Gasteiger partial charge in [-0.2, -0.15) is 13.2 Å². The maximum atomic E-state index is 10.5. The van der Waals surface area contributed by atoms with Gasteiger partial charge < -0.3 is 9.90 Å². The third-order valence-corrected chi connectivity index (χ3v) is 0.231. The Morgan fingerprint density at radius 3 is 1.40 bits per heavy atom. The second-order valence-electron chi connectivity index (χ2n) is 0.785. The van der Waals surface area contributed by atoms with Gasteiger partial charge in [-0.1, -0.05) is 0 Å². The zero-order chi connectivity index (χ0) is 8.08. The minimum atomic E-state index is -5.19. The molecule has 0 bridgehead atoms. The van der Waals surface area contributed by atoms with Crippen molar-refractivity contribution in [1.82, 2.24) is 0 Å². The molecule has 0 saturated heterocycles. The maximum absolute atomic E-state index is 10.5. The average Bonchev–Trinajstić information content (AvgIpc) is 1.69. The predicted octanol–water partition coefficient (Wildman–Crippen LogP) is -0.286. The van der Waals surface area contributed by atoms with Gasteiger partial charge in [-0.15, -0.1) is 0 Å². The Kier molecular flexibility index (Phi) is 13.2. The molecule has 0 aromatic rings. The van der Waals surface area contributed by atoms with Gasteiger partial charge in [0.05, 0.1) is 0 Å². The molecule has 8 heteroatoms. The molecule has 0 unspecified atom stereocenters. The molecule has 0 radical (unpaired) electrons. The number of halogens is 4. The van der Waals surface area contributed by atoms with Crippen LogP contribution in [-0.2, 0) is 48.8 Å². The number of alkyl halides is 3. The molecule has 0 spiro atoms. The molecule has 2 nitrogen and oxygen atoms in total. The van der Waals surface area contributed by atoms with Gasteiger partial charge in [0.2, 0.25) is 0 Å². The molecule has 0 N–H and O–H groups in total. The van der Waals surface area contributed by atoms with Crippen molar-refractivity contribution in [3.05, 3.63) is 0 Å². The molecule has 0 rings (SSSR count). The SMILES string of the molecule is O=C([O-])C(F)(F)F.[Ag+].[F][Ag]. The van der Waals surface area contributed by atoms with E-state index in [9.17, 15) is 16.2 Å². The number of carboxylic acids is 1. The van der Waals surface area contributed by atoms with Gasteiger partial charge >= 0.3 is 53.2 Å². The molecular formula is C2Ag2F4O2. The third-order valence-electron chi connectivity index (χ3n) is 0.231. The number of rotatable bonds is 0. The van der Waals surface area contributed by atoms with E-state index >= 15 is 0 Å². The van der Waals surface area contributed by atoms with Crippen LogP contribution in [0.5, 0.6) is 0 Å². The molecule has 0 fully saturated rings. The van der Waals surface area contributed by atoms with E-state index < -0.39 is 12.1 Å². The molecule has 0 aliphatic rings. The van der Waals surface area contributed by atoms with E-state index in [1.54, 1.807) is 0 Å². The van der Waals surface area contributed by atoms with Crippen molar-refractivity contribution in [1.29, 1.82) is 0 Å². The van der Waals surface area contributed by atoms with E-state index in [0.29, 0.717) is 0 Å². The zero-order valence-corrected chi connectivity index (χ0v) is 6.90. The molecule has 0 saturated carbocycles.